The average Bonchev–Trinajstić information content (AvgIpc) is 3.37. The largest absolute Gasteiger partial charge is 0.339 e. The summed E-state index contributed by atoms with van der Waals surface area (Å²) in [6, 6.07) is 7.89. The van der Waals surface area contributed by atoms with Crippen molar-refractivity contribution in [2.45, 2.75) is 13.1 Å². The number of nitrogens with zero attached hydrogens (tertiary/aromatic N) is 3. The van der Waals surface area contributed by atoms with Crippen LogP contribution in [0.15, 0.2) is 49.9 Å². The number of carbonyl (C=O) groups is 1. The fourth-order valence-corrected chi connectivity index (χ4v) is 5.98. The zero-order valence-corrected chi connectivity index (χ0v) is 18.3. The molecule has 0 aliphatic rings. The molecule has 0 aliphatic carbocycles. The Bertz CT molecular complexity index is 1160. The van der Waals surface area contributed by atoms with Crippen LogP contribution in [0.3, 0.4) is 0 Å². The molecule has 1 amide bonds. The molecule has 0 radical (unpaired) electrons. The quantitative estimate of drug-likeness (QED) is 0.417. The molecule has 4 rings (SSSR count). The highest BCUT2D eigenvalue weighted by atomic mass is 79.9. The summed E-state index contributed by atoms with van der Waals surface area (Å²) >= 11 is 8.05. The van der Waals surface area contributed by atoms with Crippen molar-refractivity contribution in [3.63, 3.8) is 0 Å². The van der Waals surface area contributed by atoms with Gasteiger partial charge in [0.1, 0.15) is 11.4 Å². The summed E-state index contributed by atoms with van der Waals surface area (Å²) in [6.07, 6.45) is 1.47. The van der Waals surface area contributed by atoms with E-state index in [4.69, 9.17) is 0 Å². The van der Waals surface area contributed by atoms with Crippen LogP contribution in [0.1, 0.15) is 4.88 Å². The Kier molecular flexibility index (Phi) is 5.27. The fraction of sp³-hybridized carbons (Fsp3) is 0.167. The number of halogens is 1. The van der Waals surface area contributed by atoms with Gasteiger partial charge >= 0.3 is 0 Å². The van der Waals surface area contributed by atoms with Crippen molar-refractivity contribution in [3.8, 4) is 10.4 Å². The number of likely N-dealkylation sites (N-methyl/N-ethyl adjacent to an activating group) is 1. The van der Waals surface area contributed by atoms with E-state index in [0.29, 0.717) is 16.8 Å². The van der Waals surface area contributed by atoms with E-state index in [1.807, 2.05) is 35.0 Å². The number of rotatable bonds is 5. The molecule has 9 heteroatoms. The molecule has 0 atom stereocenters. The van der Waals surface area contributed by atoms with Crippen molar-refractivity contribution >= 4 is 66.1 Å². The van der Waals surface area contributed by atoms with Gasteiger partial charge in [-0.05, 0) is 39.5 Å². The number of amides is 1. The highest BCUT2D eigenvalue weighted by molar-refractivity contribution is 9.11. The maximum absolute atomic E-state index is 13.0. The summed E-state index contributed by atoms with van der Waals surface area (Å²) in [6.45, 7) is 0.489. The zero-order valence-electron chi connectivity index (χ0n) is 14.2. The fourth-order valence-electron chi connectivity index (χ4n) is 2.72. The second-order valence-corrected chi connectivity index (χ2v) is 10.3. The van der Waals surface area contributed by atoms with Gasteiger partial charge in [-0.1, -0.05) is 6.07 Å². The van der Waals surface area contributed by atoms with Gasteiger partial charge in [-0.25, -0.2) is 4.98 Å². The first-order valence-electron chi connectivity index (χ1n) is 8.01. The van der Waals surface area contributed by atoms with E-state index in [2.05, 4.69) is 20.9 Å². The van der Waals surface area contributed by atoms with Gasteiger partial charge < -0.3 is 4.90 Å². The third-order valence-electron chi connectivity index (χ3n) is 4.10. The Hall–Kier alpha value is -1.81. The van der Waals surface area contributed by atoms with Gasteiger partial charge in [0.05, 0.1) is 22.0 Å². The van der Waals surface area contributed by atoms with Gasteiger partial charge in [0.2, 0.25) is 5.91 Å². The number of aromatic nitrogens is 2. The van der Waals surface area contributed by atoms with E-state index in [1.54, 1.807) is 34.6 Å². The van der Waals surface area contributed by atoms with E-state index >= 15 is 0 Å². The molecule has 0 saturated carbocycles. The monoisotopic (exact) mass is 479 g/mol. The van der Waals surface area contributed by atoms with Crippen LogP contribution in [0, 0.1) is 0 Å². The summed E-state index contributed by atoms with van der Waals surface area (Å²) < 4.78 is 2.43. The summed E-state index contributed by atoms with van der Waals surface area (Å²) in [4.78, 5) is 34.4. The highest BCUT2D eigenvalue weighted by Crippen LogP contribution is 2.33. The third kappa shape index (κ3) is 3.77. The Morgan fingerprint density at radius 2 is 2.15 bits per heavy atom. The summed E-state index contributed by atoms with van der Waals surface area (Å²) in [7, 11) is 1.74. The van der Waals surface area contributed by atoms with Crippen molar-refractivity contribution in [2.75, 3.05) is 7.05 Å². The molecular weight excluding hydrogens is 466 g/mol. The lowest BCUT2D eigenvalue weighted by molar-refractivity contribution is -0.131. The minimum Gasteiger partial charge on any atom is -0.339 e. The second-order valence-electron chi connectivity index (χ2n) is 5.94. The Labute approximate surface area is 175 Å². The molecule has 0 aliphatic heterocycles. The molecule has 138 valence electrons. The zero-order chi connectivity index (χ0) is 19.0. The van der Waals surface area contributed by atoms with Crippen LogP contribution in [0.2, 0.25) is 0 Å². The van der Waals surface area contributed by atoms with Gasteiger partial charge in [0.15, 0.2) is 0 Å². The molecule has 4 aromatic rings. The van der Waals surface area contributed by atoms with E-state index < -0.39 is 0 Å². The van der Waals surface area contributed by atoms with E-state index in [0.717, 1.165) is 19.1 Å². The van der Waals surface area contributed by atoms with Crippen molar-refractivity contribution in [1.82, 2.24) is 14.5 Å². The smallest absolute Gasteiger partial charge is 0.263 e. The van der Waals surface area contributed by atoms with Crippen LogP contribution in [0.5, 0.6) is 0 Å². The van der Waals surface area contributed by atoms with Crippen LogP contribution in [-0.4, -0.2) is 27.4 Å². The normalized spacial score (nSPS) is 11.2. The second kappa shape index (κ2) is 7.67. The summed E-state index contributed by atoms with van der Waals surface area (Å²) in [5.74, 6) is -0.129. The first-order chi connectivity index (χ1) is 13.0. The van der Waals surface area contributed by atoms with E-state index in [9.17, 15) is 9.59 Å². The van der Waals surface area contributed by atoms with Crippen LogP contribution < -0.4 is 5.56 Å². The molecule has 0 bridgehead atoms. The van der Waals surface area contributed by atoms with E-state index in [-0.39, 0.29) is 18.0 Å². The van der Waals surface area contributed by atoms with Gasteiger partial charge in [-0.15, -0.1) is 34.0 Å². The van der Waals surface area contributed by atoms with Gasteiger partial charge in [0.25, 0.3) is 5.56 Å². The number of hydrogen-bond acceptors (Lipinski definition) is 6. The standard InChI is InChI=1S/C18H14BrN3O2S3/c1-21(7-11-4-5-14(19)27-11)15(23)8-22-10-20-17-16(18(22)24)12(9-26-17)13-3-2-6-25-13/h2-6,9-10H,7-8H2,1H3. The Balaban J connectivity index is 1.60. The molecule has 0 saturated heterocycles. The molecule has 0 spiro atoms. The van der Waals surface area contributed by atoms with Crippen molar-refractivity contribution < 1.29 is 4.79 Å². The number of thiophene rings is 3. The topological polar surface area (TPSA) is 55.2 Å². The predicted octanol–water partition coefficient (Wildman–Crippen LogP) is 4.67. The number of carbonyl (C=O) groups excluding carboxylic acids is 1. The highest BCUT2D eigenvalue weighted by Gasteiger charge is 2.17. The molecular formula is C18H14BrN3O2S3. The SMILES string of the molecule is CN(Cc1ccc(Br)s1)C(=O)Cn1cnc2scc(-c3cccs3)c2c1=O. The lowest BCUT2D eigenvalue weighted by Gasteiger charge is -2.16. The minimum atomic E-state index is -0.176. The lowest BCUT2D eigenvalue weighted by Crippen LogP contribution is -2.33. The molecule has 0 aromatic carbocycles. The maximum atomic E-state index is 13.0. The summed E-state index contributed by atoms with van der Waals surface area (Å²) in [5.41, 5.74) is 0.714. The van der Waals surface area contributed by atoms with Gasteiger partial charge in [-0.2, -0.15) is 0 Å². The maximum Gasteiger partial charge on any atom is 0.263 e. The minimum absolute atomic E-state index is 0.0233. The first kappa shape index (κ1) is 18.5. The summed E-state index contributed by atoms with van der Waals surface area (Å²) in [5, 5.41) is 4.52. The van der Waals surface area contributed by atoms with Gasteiger partial charge in [-0.3, -0.25) is 14.2 Å². The Morgan fingerprint density at radius 1 is 1.30 bits per heavy atom. The molecule has 4 aromatic heterocycles. The molecule has 4 heterocycles. The van der Waals surface area contributed by atoms with Crippen molar-refractivity contribution in [1.29, 1.82) is 0 Å². The molecule has 27 heavy (non-hydrogen) atoms. The predicted molar refractivity (Wildman–Crippen MR) is 116 cm³/mol. The average molecular weight is 480 g/mol. The number of hydrogen-bond donors (Lipinski definition) is 0. The van der Waals surface area contributed by atoms with Crippen molar-refractivity contribution in [3.05, 3.63) is 60.4 Å². The Morgan fingerprint density at radius 3 is 2.85 bits per heavy atom. The van der Waals surface area contributed by atoms with E-state index in [1.165, 1.54) is 22.2 Å². The van der Waals surface area contributed by atoms with Crippen LogP contribution >= 0.6 is 49.9 Å². The van der Waals surface area contributed by atoms with Crippen LogP contribution in [0.4, 0.5) is 0 Å². The molecule has 0 fully saturated rings. The van der Waals surface area contributed by atoms with Gasteiger partial charge in [0, 0.05) is 27.7 Å². The van der Waals surface area contributed by atoms with Crippen molar-refractivity contribution in [2.24, 2.45) is 0 Å². The first-order valence-corrected chi connectivity index (χ1v) is 11.4. The van der Waals surface area contributed by atoms with Crippen LogP contribution in [0.25, 0.3) is 20.7 Å². The van der Waals surface area contributed by atoms with Crippen LogP contribution in [-0.2, 0) is 17.9 Å². The molecule has 0 N–H and O–H groups in total. The lowest BCUT2D eigenvalue weighted by atomic mass is 10.2. The number of fused-ring (bicyclic) bond motifs is 1. The third-order valence-corrected chi connectivity index (χ3v) is 7.50. The molecule has 5 nitrogen and oxygen atoms in total. The molecule has 0 unspecified atom stereocenters.